The van der Waals surface area contributed by atoms with E-state index in [1.807, 2.05) is 49.5 Å². The number of hydrogen-bond donors (Lipinski definition) is 6. The molecule has 490 valence electrons. The van der Waals surface area contributed by atoms with E-state index >= 15 is 0 Å². The molecule has 5 aromatic rings. The van der Waals surface area contributed by atoms with E-state index in [0.29, 0.717) is 76.1 Å². The Morgan fingerprint density at radius 3 is 1.99 bits per heavy atom. The van der Waals surface area contributed by atoms with Crippen LogP contribution in [0, 0.1) is 11.8 Å². The number of hydrogen-bond acceptors (Lipinski definition) is 16. The van der Waals surface area contributed by atoms with Gasteiger partial charge in [-0.2, -0.15) is 0 Å². The van der Waals surface area contributed by atoms with Gasteiger partial charge in [-0.15, -0.1) is 0 Å². The zero-order valence-corrected chi connectivity index (χ0v) is 53.5. The molecule has 8 amide bonds. The molecule has 7 N–H and O–H groups in total. The molecule has 8 rings (SSSR count). The predicted molar refractivity (Wildman–Crippen MR) is 353 cm³/mol. The van der Waals surface area contributed by atoms with Gasteiger partial charge in [0.2, 0.25) is 17.7 Å². The summed E-state index contributed by atoms with van der Waals surface area (Å²) in [4.78, 5) is 117. The second-order valence-electron chi connectivity index (χ2n) is 23.2. The standard InChI is InChI=1S/C69H80N10O14/c1-40(2)57(80)25-26-62(81)77-63(41(3)4)65(83)76-54(12-10-27-72-68(70)86)64(82)74-48-19-13-43(14-20-48)39-93-69(87)75-49-21-15-44(16-22-49)46-30-42(5)78(37-46)66(84)52-32-58(89-8)60(34-55(52)71-6)91-28-11-29-92-61-35-56-53(33-59(61)90-9)67(85)79-38-47(31-50(79)36-73-56)45-17-23-51(88-7)24-18-45/h13-24,32-38,40-42,50,54,63H,6,10-12,25-31,39H2,1-5,7-9H3,(H,74,82)(H,75,87)(H,76,83)(H,77,81)(H3,70,72,86)/t42-,50+,54+,63+/m1/s1. The number of nitrogens with zero attached hydrogens (tertiary/aromatic N) is 4. The molecule has 24 heteroatoms. The molecule has 0 bridgehead atoms. The van der Waals surface area contributed by atoms with Crippen molar-refractivity contribution in [2.45, 2.75) is 110 Å². The molecule has 3 aliphatic rings. The monoisotopic (exact) mass is 1270 g/mol. The van der Waals surface area contributed by atoms with Crippen molar-refractivity contribution in [3.05, 3.63) is 137 Å². The van der Waals surface area contributed by atoms with E-state index in [-0.39, 0.29) is 99.1 Å². The summed E-state index contributed by atoms with van der Waals surface area (Å²) in [5.74, 6) is -0.548. The number of anilines is 2. The lowest BCUT2D eigenvalue weighted by Crippen LogP contribution is -2.54. The van der Waals surface area contributed by atoms with Crippen LogP contribution in [0.5, 0.6) is 28.7 Å². The summed E-state index contributed by atoms with van der Waals surface area (Å²) >= 11 is 0. The molecular weight excluding hydrogens is 1190 g/mol. The number of aliphatic imine (C=N–C) groups is 2. The average molecular weight is 1270 g/mol. The first-order chi connectivity index (χ1) is 44.7. The minimum absolute atomic E-state index is 0.0372. The highest BCUT2D eigenvalue weighted by molar-refractivity contribution is 6.06. The fraction of sp³-hybridized carbons (Fsp3) is 0.362. The lowest BCUT2D eigenvalue weighted by molar-refractivity contribution is -0.132. The Morgan fingerprint density at radius 2 is 1.35 bits per heavy atom. The molecule has 0 radical (unpaired) electrons. The van der Waals surface area contributed by atoms with Gasteiger partial charge in [-0.3, -0.25) is 44.1 Å². The van der Waals surface area contributed by atoms with Gasteiger partial charge in [0.25, 0.3) is 11.8 Å². The molecule has 0 unspecified atom stereocenters. The molecule has 0 saturated heterocycles. The highest BCUT2D eigenvalue weighted by atomic mass is 16.5. The van der Waals surface area contributed by atoms with Gasteiger partial charge in [-0.25, -0.2) is 9.59 Å². The first-order valence-corrected chi connectivity index (χ1v) is 30.7. The molecular formula is C69H80N10O14. The molecule has 93 heavy (non-hydrogen) atoms. The van der Waals surface area contributed by atoms with Crippen molar-refractivity contribution in [3.63, 3.8) is 0 Å². The third kappa shape index (κ3) is 17.9. The molecule has 3 aliphatic heterocycles. The van der Waals surface area contributed by atoms with Crippen LogP contribution in [0.3, 0.4) is 0 Å². The van der Waals surface area contributed by atoms with Gasteiger partial charge in [0.1, 0.15) is 30.2 Å². The van der Waals surface area contributed by atoms with Crippen LogP contribution in [0.1, 0.15) is 117 Å². The molecule has 0 fully saturated rings. The van der Waals surface area contributed by atoms with Crippen LogP contribution in [-0.4, -0.2) is 135 Å². The number of fused-ring (bicyclic) bond motifs is 2. The average Bonchev–Trinajstić information content (AvgIpc) is 1.69. The number of ether oxygens (including phenoxy) is 6. The largest absolute Gasteiger partial charge is 0.497 e. The van der Waals surface area contributed by atoms with Crippen molar-refractivity contribution < 1.29 is 66.8 Å². The van der Waals surface area contributed by atoms with Gasteiger partial charge in [-0.05, 0) is 115 Å². The number of Topliss-reactive ketones (excluding diaryl/α,β-unsaturated/α-hetero) is 1. The van der Waals surface area contributed by atoms with Gasteiger partial charge in [0, 0.05) is 86.3 Å². The van der Waals surface area contributed by atoms with E-state index < -0.39 is 41.9 Å². The van der Waals surface area contributed by atoms with Crippen LogP contribution in [0.25, 0.3) is 11.1 Å². The van der Waals surface area contributed by atoms with Crippen LogP contribution in [0.15, 0.2) is 119 Å². The van der Waals surface area contributed by atoms with E-state index in [2.05, 4.69) is 38.3 Å². The third-order valence-electron chi connectivity index (χ3n) is 15.9. The van der Waals surface area contributed by atoms with Crippen LogP contribution < -0.4 is 56.0 Å². The van der Waals surface area contributed by atoms with Crippen molar-refractivity contribution in [1.29, 1.82) is 0 Å². The highest BCUT2D eigenvalue weighted by Crippen LogP contribution is 2.41. The van der Waals surface area contributed by atoms with Crippen molar-refractivity contribution in [2.75, 3.05) is 51.7 Å². The second-order valence-corrected chi connectivity index (χ2v) is 23.2. The maximum atomic E-state index is 14.3. The third-order valence-corrected chi connectivity index (χ3v) is 15.9. The normalized spacial score (nSPS) is 15.3. The summed E-state index contributed by atoms with van der Waals surface area (Å²) < 4.78 is 34.5. The van der Waals surface area contributed by atoms with E-state index in [1.165, 1.54) is 14.2 Å². The van der Waals surface area contributed by atoms with Crippen molar-refractivity contribution in [2.24, 2.45) is 27.6 Å². The maximum absolute atomic E-state index is 14.3. The number of nitrogens with one attached hydrogen (secondary N) is 5. The van der Waals surface area contributed by atoms with E-state index in [4.69, 9.17) is 39.1 Å². The summed E-state index contributed by atoms with van der Waals surface area (Å²) in [6.45, 7) is 13.2. The zero-order valence-electron chi connectivity index (χ0n) is 53.5. The minimum atomic E-state index is -1.07. The lowest BCUT2D eigenvalue weighted by atomic mass is 10.0. The van der Waals surface area contributed by atoms with Gasteiger partial charge in [0.15, 0.2) is 23.0 Å². The Balaban J connectivity index is 0.803. The number of benzene rings is 5. The predicted octanol–water partition coefficient (Wildman–Crippen LogP) is 9.91. The molecule has 0 aromatic heterocycles. The molecule has 4 atom stereocenters. The Hall–Kier alpha value is -10.5. The Bertz CT molecular complexity index is 3680. The first-order valence-electron chi connectivity index (χ1n) is 30.7. The quantitative estimate of drug-likeness (QED) is 0.0184. The number of urea groups is 1. The summed E-state index contributed by atoms with van der Waals surface area (Å²) in [7, 11) is 4.62. The van der Waals surface area contributed by atoms with Gasteiger partial charge < -0.3 is 65.2 Å². The number of nitrogens with two attached hydrogens (primary N) is 1. The Kier molecular flexibility index (Phi) is 23.5. The summed E-state index contributed by atoms with van der Waals surface area (Å²) in [6, 6.07) is 24.7. The number of carbonyl (C=O) groups excluding carboxylic acids is 8. The van der Waals surface area contributed by atoms with Gasteiger partial charge >= 0.3 is 12.1 Å². The van der Waals surface area contributed by atoms with E-state index in [1.54, 1.807) is 118 Å². The molecule has 5 aromatic carbocycles. The second kappa shape index (κ2) is 32.0. The number of ketones is 1. The zero-order chi connectivity index (χ0) is 66.9. The number of amides is 8. The number of carbonyl (C=O) groups is 8. The molecule has 24 nitrogen and oxygen atoms in total. The molecule has 0 aliphatic carbocycles. The van der Waals surface area contributed by atoms with Gasteiger partial charge in [0.05, 0.1) is 63.1 Å². The van der Waals surface area contributed by atoms with Crippen molar-refractivity contribution in [3.8, 4) is 28.7 Å². The number of primary amides is 1. The summed E-state index contributed by atoms with van der Waals surface area (Å²) in [5.41, 5.74) is 11.8. The lowest BCUT2D eigenvalue weighted by Gasteiger charge is -2.25. The minimum Gasteiger partial charge on any atom is -0.497 e. The SMILES string of the molecule is C=Nc1cc(OCCCOc2cc3c(cc2OC)C(=O)N2C=C(c4ccc(OC)cc4)C[C@H]2C=N3)c(OC)cc1C(=O)N1C=C(c2ccc(NC(=O)OCc3ccc(NC(=O)[C@H](CCCNC(N)=O)NC(=O)[C@@H](NC(=O)CCC(=O)C(C)C)C(C)C)cc3)cc2)C[C@H]1C. The van der Waals surface area contributed by atoms with Crippen molar-refractivity contribution in [1.82, 2.24) is 25.8 Å². The topological polar surface area (TPSA) is 309 Å². The number of rotatable bonds is 30. The molecule has 0 spiro atoms. The fourth-order valence-corrected chi connectivity index (χ4v) is 10.6. The van der Waals surface area contributed by atoms with Crippen LogP contribution in [0.2, 0.25) is 0 Å². The molecule has 0 saturated carbocycles. The van der Waals surface area contributed by atoms with Crippen LogP contribution in [-0.2, 0) is 30.5 Å². The fourth-order valence-electron chi connectivity index (χ4n) is 10.6. The smallest absolute Gasteiger partial charge is 0.411 e. The Labute approximate surface area is 540 Å². The van der Waals surface area contributed by atoms with Crippen molar-refractivity contribution >= 4 is 94.3 Å². The van der Waals surface area contributed by atoms with Gasteiger partial charge in [-0.1, -0.05) is 64.1 Å². The number of methoxy groups -OCH3 is 3. The van der Waals surface area contributed by atoms with E-state index in [9.17, 15) is 38.4 Å². The highest BCUT2D eigenvalue weighted by Gasteiger charge is 2.35. The molecule has 3 heterocycles. The van der Waals surface area contributed by atoms with E-state index in [0.717, 1.165) is 28.0 Å². The first kappa shape index (κ1) is 68.4. The summed E-state index contributed by atoms with van der Waals surface area (Å²) in [6.07, 6.45) is 6.70. The summed E-state index contributed by atoms with van der Waals surface area (Å²) in [5, 5.41) is 13.4. The van der Waals surface area contributed by atoms with Crippen LogP contribution >= 0.6 is 0 Å². The Morgan fingerprint density at radius 1 is 0.720 bits per heavy atom. The van der Waals surface area contributed by atoms with Crippen LogP contribution in [0.4, 0.5) is 32.3 Å². The maximum Gasteiger partial charge on any atom is 0.411 e.